The topological polar surface area (TPSA) is 52.9 Å². The molecule has 0 fully saturated rings. The van der Waals surface area contributed by atoms with Crippen molar-refractivity contribution in [1.82, 2.24) is 0 Å². The second-order valence-electron chi connectivity index (χ2n) is 4.18. The predicted molar refractivity (Wildman–Crippen MR) is 85.3 cm³/mol. The number of rotatable bonds is 3. The van der Waals surface area contributed by atoms with Crippen LogP contribution in [-0.4, -0.2) is 5.91 Å². The van der Waals surface area contributed by atoms with Crippen molar-refractivity contribution in [3.63, 3.8) is 0 Å². The van der Waals surface area contributed by atoms with E-state index >= 15 is 0 Å². The highest BCUT2D eigenvalue weighted by Crippen LogP contribution is 2.22. The first-order valence-electron chi connectivity index (χ1n) is 6.03. The summed E-state index contributed by atoms with van der Waals surface area (Å²) < 4.78 is 0. The quantitative estimate of drug-likeness (QED) is 0.846. The second kappa shape index (κ2) is 6.94. The average Bonchev–Trinajstić information content (AvgIpc) is 2.46. The van der Waals surface area contributed by atoms with Gasteiger partial charge in [-0.2, -0.15) is 5.26 Å². The number of carbonyl (C=O) groups excluding carboxylic acids is 1. The standard InChI is InChI=1S/C16H10Cl2N2O/c17-13-6-4-12(15(18)9-13)5-7-16(21)20-14-3-1-2-11(8-14)10-19/h1-9H,(H,20,21)/b7-5+. The number of carbonyl (C=O) groups is 1. The molecule has 0 aliphatic heterocycles. The third-order valence-electron chi connectivity index (χ3n) is 2.64. The summed E-state index contributed by atoms with van der Waals surface area (Å²) in [6, 6.07) is 13.7. The summed E-state index contributed by atoms with van der Waals surface area (Å²) in [5.41, 5.74) is 1.74. The van der Waals surface area contributed by atoms with E-state index in [0.717, 1.165) is 0 Å². The molecule has 0 aromatic heterocycles. The molecule has 1 amide bonds. The largest absolute Gasteiger partial charge is 0.322 e. The maximum Gasteiger partial charge on any atom is 0.248 e. The monoisotopic (exact) mass is 316 g/mol. The van der Waals surface area contributed by atoms with Crippen molar-refractivity contribution in [3.8, 4) is 6.07 Å². The molecule has 5 heteroatoms. The molecule has 0 unspecified atom stereocenters. The van der Waals surface area contributed by atoms with E-state index in [-0.39, 0.29) is 5.91 Å². The third kappa shape index (κ3) is 4.35. The van der Waals surface area contributed by atoms with Crippen LogP contribution in [0, 0.1) is 11.3 Å². The third-order valence-corrected chi connectivity index (χ3v) is 3.20. The molecule has 0 spiro atoms. The lowest BCUT2D eigenvalue weighted by atomic mass is 10.2. The number of benzene rings is 2. The van der Waals surface area contributed by atoms with Crippen LogP contribution in [0.1, 0.15) is 11.1 Å². The molecular weight excluding hydrogens is 307 g/mol. The van der Waals surface area contributed by atoms with Gasteiger partial charge in [0.25, 0.3) is 0 Å². The summed E-state index contributed by atoms with van der Waals surface area (Å²) in [6.07, 6.45) is 2.97. The highest BCUT2D eigenvalue weighted by atomic mass is 35.5. The fourth-order valence-electron chi connectivity index (χ4n) is 1.65. The zero-order chi connectivity index (χ0) is 15.2. The van der Waals surface area contributed by atoms with Gasteiger partial charge in [0.05, 0.1) is 11.6 Å². The van der Waals surface area contributed by atoms with Gasteiger partial charge in [-0.1, -0.05) is 35.3 Å². The van der Waals surface area contributed by atoms with Crippen molar-refractivity contribution in [1.29, 1.82) is 5.26 Å². The van der Waals surface area contributed by atoms with Gasteiger partial charge in [-0.05, 0) is 42.0 Å². The minimum atomic E-state index is -0.309. The van der Waals surface area contributed by atoms with Crippen molar-refractivity contribution in [3.05, 3.63) is 69.7 Å². The number of amides is 1. The van der Waals surface area contributed by atoms with Crippen LogP contribution in [0.2, 0.25) is 10.0 Å². The second-order valence-corrected chi connectivity index (χ2v) is 5.02. The Morgan fingerprint density at radius 3 is 2.71 bits per heavy atom. The molecule has 0 saturated heterocycles. The van der Waals surface area contributed by atoms with E-state index in [1.54, 1.807) is 48.5 Å². The van der Waals surface area contributed by atoms with Gasteiger partial charge >= 0.3 is 0 Å². The van der Waals surface area contributed by atoms with E-state index in [4.69, 9.17) is 28.5 Å². The van der Waals surface area contributed by atoms with Gasteiger partial charge in [0, 0.05) is 21.8 Å². The summed E-state index contributed by atoms with van der Waals surface area (Å²) in [4.78, 5) is 11.8. The number of anilines is 1. The van der Waals surface area contributed by atoms with Crippen LogP contribution in [-0.2, 0) is 4.79 Å². The molecule has 2 aromatic rings. The lowest BCUT2D eigenvalue weighted by molar-refractivity contribution is -0.111. The van der Waals surface area contributed by atoms with Gasteiger partial charge in [0.15, 0.2) is 0 Å². The number of nitrogens with zero attached hydrogens (tertiary/aromatic N) is 1. The van der Waals surface area contributed by atoms with Crippen LogP contribution >= 0.6 is 23.2 Å². The molecule has 2 aromatic carbocycles. The Morgan fingerprint density at radius 1 is 1.19 bits per heavy atom. The highest BCUT2D eigenvalue weighted by molar-refractivity contribution is 6.35. The molecule has 0 radical (unpaired) electrons. The molecule has 0 atom stereocenters. The molecule has 2 rings (SSSR count). The summed E-state index contributed by atoms with van der Waals surface area (Å²) >= 11 is 11.8. The number of hydrogen-bond donors (Lipinski definition) is 1. The molecule has 0 aliphatic carbocycles. The maximum atomic E-state index is 11.8. The van der Waals surface area contributed by atoms with Crippen LogP contribution < -0.4 is 5.32 Å². The van der Waals surface area contributed by atoms with Crippen LogP contribution in [0.5, 0.6) is 0 Å². The minimum absolute atomic E-state index is 0.309. The molecular formula is C16H10Cl2N2O. The number of halogens is 2. The number of nitriles is 1. The van der Waals surface area contributed by atoms with E-state index in [0.29, 0.717) is 26.9 Å². The SMILES string of the molecule is N#Cc1cccc(NC(=O)/C=C/c2ccc(Cl)cc2Cl)c1. The zero-order valence-corrected chi connectivity index (χ0v) is 12.3. The molecule has 104 valence electrons. The molecule has 3 nitrogen and oxygen atoms in total. The van der Waals surface area contributed by atoms with Crippen LogP contribution in [0.3, 0.4) is 0 Å². The number of hydrogen-bond acceptors (Lipinski definition) is 2. The Balaban J connectivity index is 2.07. The van der Waals surface area contributed by atoms with E-state index < -0.39 is 0 Å². The van der Waals surface area contributed by atoms with Crippen LogP contribution in [0.25, 0.3) is 6.08 Å². The van der Waals surface area contributed by atoms with Crippen molar-refractivity contribution in [2.24, 2.45) is 0 Å². The first kappa shape index (κ1) is 15.1. The first-order valence-corrected chi connectivity index (χ1v) is 6.78. The Morgan fingerprint density at radius 2 is 2.00 bits per heavy atom. The molecule has 0 heterocycles. The van der Waals surface area contributed by atoms with Gasteiger partial charge in [0.2, 0.25) is 5.91 Å². The molecule has 1 N–H and O–H groups in total. The van der Waals surface area contributed by atoms with Crippen molar-refractivity contribution >= 4 is 40.9 Å². The van der Waals surface area contributed by atoms with E-state index in [9.17, 15) is 4.79 Å². The predicted octanol–water partition coefficient (Wildman–Crippen LogP) is 4.52. The fourth-order valence-corrected chi connectivity index (χ4v) is 2.12. The Kier molecular flexibility index (Phi) is 4.99. The molecule has 0 aliphatic rings. The van der Waals surface area contributed by atoms with Crippen molar-refractivity contribution in [2.45, 2.75) is 0 Å². The van der Waals surface area contributed by atoms with Gasteiger partial charge in [-0.15, -0.1) is 0 Å². The lowest BCUT2D eigenvalue weighted by Gasteiger charge is -2.02. The summed E-state index contributed by atoms with van der Waals surface area (Å²) in [7, 11) is 0. The maximum absolute atomic E-state index is 11.8. The van der Waals surface area contributed by atoms with Gasteiger partial charge in [0.1, 0.15) is 0 Å². The van der Waals surface area contributed by atoms with Crippen molar-refractivity contribution < 1.29 is 4.79 Å². The first-order chi connectivity index (χ1) is 10.1. The van der Waals surface area contributed by atoms with Crippen LogP contribution in [0.4, 0.5) is 5.69 Å². The lowest BCUT2D eigenvalue weighted by Crippen LogP contribution is -2.07. The Hall–Kier alpha value is -2.28. The van der Waals surface area contributed by atoms with Gasteiger partial charge < -0.3 is 5.32 Å². The fraction of sp³-hybridized carbons (Fsp3) is 0. The average molecular weight is 317 g/mol. The Labute approximate surface area is 132 Å². The normalized spacial score (nSPS) is 10.3. The summed E-state index contributed by atoms with van der Waals surface area (Å²) in [6.45, 7) is 0. The van der Waals surface area contributed by atoms with E-state index in [1.165, 1.54) is 6.08 Å². The molecule has 0 bridgehead atoms. The number of nitrogens with one attached hydrogen (secondary N) is 1. The van der Waals surface area contributed by atoms with Crippen LogP contribution in [0.15, 0.2) is 48.5 Å². The minimum Gasteiger partial charge on any atom is -0.322 e. The van der Waals surface area contributed by atoms with Crippen molar-refractivity contribution in [2.75, 3.05) is 5.32 Å². The van der Waals surface area contributed by atoms with Gasteiger partial charge in [-0.25, -0.2) is 0 Å². The zero-order valence-electron chi connectivity index (χ0n) is 10.8. The summed E-state index contributed by atoms with van der Waals surface area (Å²) in [5.74, 6) is -0.309. The molecule has 0 saturated carbocycles. The summed E-state index contributed by atoms with van der Waals surface area (Å²) in [5, 5.41) is 12.5. The molecule has 21 heavy (non-hydrogen) atoms. The highest BCUT2D eigenvalue weighted by Gasteiger charge is 2.01. The smallest absolute Gasteiger partial charge is 0.248 e. The van der Waals surface area contributed by atoms with E-state index in [2.05, 4.69) is 5.32 Å². The van der Waals surface area contributed by atoms with E-state index in [1.807, 2.05) is 6.07 Å². The van der Waals surface area contributed by atoms with Gasteiger partial charge in [-0.3, -0.25) is 4.79 Å². The Bertz CT molecular complexity index is 748.